The molecule has 17 heavy (non-hydrogen) atoms. The Kier molecular flexibility index (Phi) is 5.72. The third-order valence-corrected chi connectivity index (χ3v) is 1.87. The van der Waals surface area contributed by atoms with Crippen LogP contribution in [0.3, 0.4) is 0 Å². The summed E-state index contributed by atoms with van der Waals surface area (Å²) in [4.78, 5) is 15.6. The van der Waals surface area contributed by atoms with Gasteiger partial charge < -0.3 is 15.8 Å². The van der Waals surface area contributed by atoms with Gasteiger partial charge in [0.1, 0.15) is 11.5 Å². The number of nitrogens with zero attached hydrogens (tertiary/aromatic N) is 1. The van der Waals surface area contributed by atoms with Crippen molar-refractivity contribution >= 4 is 11.7 Å². The van der Waals surface area contributed by atoms with Crippen molar-refractivity contribution in [1.82, 2.24) is 4.98 Å². The number of nitrogens with two attached hydrogens (primary N) is 1. The average Bonchev–Trinajstić information content (AvgIpc) is 2.34. The molecule has 0 aliphatic rings. The van der Waals surface area contributed by atoms with Crippen LogP contribution in [-0.4, -0.2) is 31.2 Å². The topological polar surface area (TPSA) is 77.2 Å². The molecule has 0 bridgehead atoms. The summed E-state index contributed by atoms with van der Waals surface area (Å²) in [6.45, 7) is 0.671. The molecule has 1 heterocycles. The molecule has 1 rings (SSSR count). The van der Waals surface area contributed by atoms with Crippen molar-refractivity contribution in [2.45, 2.75) is 6.42 Å². The van der Waals surface area contributed by atoms with Crippen LogP contribution < -0.4 is 11.1 Å². The smallest absolute Gasteiger partial charge is 0.227 e. The Bertz CT molecular complexity index is 435. The lowest BCUT2D eigenvalue weighted by Gasteiger charge is -2.03. The number of rotatable bonds is 4. The number of anilines is 1. The molecule has 0 aromatic carbocycles. The van der Waals surface area contributed by atoms with Gasteiger partial charge in [-0.15, -0.1) is 0 Å². The summed E-state index contributed by atoms with van der Waals surface area (Å²) in [6, 6.07) is 5.24. The molecule has 0 atom stereocenters. The number of carbonyl (C=O) groups excluding carboxylic acids is 1. The molecule has 0 unspecified atom stereocenters. The monoisotopic (exact) mass is 233 g/mol. The van der Waals surface area contributed by atoms with Gasteiger partial charge in [0.05, 0.1) is 19.6 Å². The van der Waals surface area contributed by atoms with E-state index in [-0.39, 0.29) is 12.5 Å². The summed E-state index contributed by atoms with van der Waals surface area (Å²) in [7, 11) is 1.55. The van der Waals surface area contributed by atoms with E-state index in [0.29, 0.717) is 24.5 Å². The van der Waals surface area contributed by atoms with Crippen LogP contribution in [-0.2, 0) is 9.53 Å². The Morgan fingerprint density at radius 2 is 2.41 bits per heavy atom. The first-order valence-electron chi connectivity index (χ1n) is 5.21. The quantitative estimate of drug-likeness (QED) is 0.736. The minimum absolute atomic E-state index is 0.136. The van der Waals surface area contributed by atoms with Gasteiger partial charge in [-0.1, -0.05) is 12.0 Å². The van der Waals surface area contributed by atoms with Gasteiger partial charge in [0.2, 0.25) is 5.91 Å². The molecular formula is C12H15N3O2. The first-order valence-corrected chi connectivity index (χ1v) is 5.21. The molecule has 1 amide bonds. The predicted octanol–water partition coefficient (Wildman–Crippen LogP) is 0.367. The van der Waals surface area contributed by atoms with Crippen molar-refractivity contribution in [3.63, 3.8) is 0 Å². The molecular weight excluding hydrogens is 218 g/mol. The lowest BCUT2D eigenvalue weighted by Crippen LogP contribution is -2.14. The van der Waals surface area contributed by atoms with Crippen LogP contribution in [0.2, 0.25) is 0 Å². The summed E-state index contributed by atoms with van der Waals surface area (Å²) in [5, 5.41) is 2.66. The van der Waals surface area contributed by atoms with Crippen LogP contribution in [0.4, 0.5) is 5.82 Å². The normalized spacial score (nSPS) is 9.29. The van der Waals surface area contributed by atoms with Gasteiger partial charge in [-0.2, -0.15) is 0 Å². The van der Waals surface area contributed by atoms with E-state index in [4.69, 9.17) is 10.5 Å². The number of amides is 1. The lowest BCUT2D eigenvalue weighted by atomic mass is 10.3. The zero-order valence-corrected chi connectivity index (χ0v) is 9.69. The fourth-order valence-corrected chi connectivity index (χ4v) is 1.12. The minimum Gasteiger partial charge on any atom is -0.384 e. The highest BCUT2D eigenvalue weighted by Crippen LogP contribution is 2.04. The number of hydrogen-bond acceptors (Lipinski definition) is 4. The van der Waals surface area contributed by atoms with Crippen LogP contribution in [0.1, 0.15) is 12.1 Å². The molecule has 3 N–H and O–H groups in total. The maximum Gasteiger partial charge on any atom is 0.227 e. The minimum atomic E-state index is -0.136. The molecule has 0 spiro atoms. The molecule has 5 heteroatoms. The number of nitrogens with one attached hydrogen (secondary N) is 1. The molecule has 0 radical (unpaired) electrons. The van der Waals surface area contributed by atoms with E-state index in [1.807, 2.05) is 0 Å². The molecule has 0 aliphatic heterocycles. The number of pyridine rings is 1. The number of hydrogen-bond donors (Lipinski definition) is 2. The number of carbonyl (C=O) groups is 1. The second kappa shape index (κ2) is 7.39. The highest BCUT2D eigenvalue weighted by Gasteiger charge is 2.02. The van der Waals surface area contributed by atoms with E-state index < -0.39 is 0 Å². The Morgan fingerprint density at radius 3 is 3.12 bits per heavy atom. The van der Waals surface area contributed by atoms with E-state index in [1.54, 1.807) is 25.3 Å². The molecule has 1 aromatic heterocycles. The van der Waals surface area contributed by atoms with Crippen molar-refractivity contribution in [3.8, 4) is 11.8 Å². The Hall–Kier alpha value is -1.90. The molecule has 5 nitrogen and oxygen atoms in total. The Morgan fingerprint density at radius 1 is 1.59 bits per heavy atom. The van der Waals surface area contributed by atoms with Crippen LogP contribution in [0, 0.1) is 11.8 Å². The largest absolute Gasteiger partial charge is 0.384 e. The third kappa shape index (κ3) is 5.11. The van der Waals surface area contributed by atoms with E-state index in [0.717, 1.165) is 0 Å². The van der Waals surface area contributed by atoms with Gasteiger partial charge in [-0.25, -0.2) is 4.98 Å². The predicted molar refractivity (Wildman–Crippen MR) is 65.3 cm³/mol. The molecule has 1 aromatic rings. The lowest BCUT2D eigenvalue weighted by molar-refractivity contribution is -0.117. The van der Waals surface area contributed by atoms with E-state index in [2.05, 4.69) is 22.1 Å². The van der Waals surface area contributed by atoms with Gasteiger partial charge in [0, 0.05) is 7.11 Å². The molecule has 0 aliphatic carbocycles. The standard InChI is InChI=1S/C12H15N3O2/c1-17-9-7-12(16)15-11-6-2-4-10(14-11)5-3-8-13/h2,4,6H,7-9,13H2,1H3,(H,14,15,16). The van der Waals surface area contributed by atoms with E-state index in [9.17, 15) is 4.79 Å². The first kappa shape index (κ1) is 13.2. The van der Waals surface area contributed by atoms with Gasteiger partial charge >= 0.3 is 0 Å². The second-order valence-electron chi connectivity index (χ2n) is 3.20. The maximum atomic E-state index is 11.4. The SMILES string of the molecule is COCCC(=O)Nc1cccc(C#CCN)n1. The molecule has 0 fully saturated rings. The summed E-state index contributed by atoms with van der Waals surface area (Å²) in [5.74, 6) is 5.85. The zero-order chi connectivity index (χ0) is 12.5. The maximum absolute atomic E-state index is 11.4. The highest BCUT2D eigenvalue weighted by atomic mass is 16.5. The van der Waals surface area contributed by atoms with Crippen LogP contribution in [0.15, 0.2) is 18.2 Å². The van der Waals surface area contributed by atoms with Gasteiger partial charge in [0.25, 0.3) is 0 Å². The van der Waals surface area contributed by atoms with Gasteiger partial charge in [-0.05, 0) is 18.1 Å². The van der Waals surface area contributed by atoms with E-state index >= 15 is 0 Å². The Labute approximate surface area is 100 Å². The average molecular weight is 233 g/mol. The first-order chi connectivity index (χ1) is 8.26. The van der Waals surface area contributed by atoms with Crippen molar-refractivity contribution in [3.05, 3.63) is 23.9 Å². The summed E-state index contributed by atoms with van der Waals surface area (Å²) >= 11 is 0. The summed E-state index contributed by atoms with van der Waals surface area (Å²) < 4.78 is 4.81. The van der Waals surface area contributed by atoms with Crippen molar-refractivity contribution in [2.24, 2.45) is 5.73 Å². The Balaban J connectivity index is 2.62. The second-order valence-corrected chi connectivity index (χ2v) is 3.20. The highest BCUT2D eigenvalue weighted by molar-refractivity contribution is 5.89. The number of aromatic nitrogens is 1. The van der Waals surface area contributed by atoms with Gasteiger partial charge in [0.15, 0.2) is 0 Å². The van der Waals surface area contributed by atoms with E-state index in [1.165, 1.54) is 0 Å². The number of methoxy groups -OCH3 is 1. The van der Waals surface area contributed by atoms with Crippen molar-refractivity contribution < 1.29 is 9.53 Å². The van der Waals surface area contributed by atoms with Crippen LogP contribution in [0.25, 0.3) is 0 Å². The molecule has 90 valence electrons. The third-order valence-electron chi connectivity index (χ3n) is 1.87. The van der Waals surface area contributed by atoms with Crippen molar-refractivity contribution in [1.29, 1.82) is 0 Å². The number of ether oxygens (including phenoxy) is 1. The summed E-state index contributed by atoms with van der Waals surface area (Å²) in [6.07, 6.45) is 0.302. The van der Waals surface area contributed by atoms with Crippen LogP contribution >= 0.6 is 0 Å². The van der Waals surface area contributed by atoms with Crippen LogP contribution in [0.5, 0.6) is 0 Å². The fourth-order valence-electron chi connectivity index (χ4n) is 1.12. The zero-order valence-electron chi connectivity index (χ0n) is 9.69. The molecule has 0 saturated heterocycles. The van der Waals surface area contributed by atoms with Gasteiger partial charge in [-0.3, -0.25) is 4.79 Å². The van der Waals surface area contributed by atoms with Crippen molar-refractivity contribution in [2.75, 3.05) is 25.6 Å². The fraction of sp³-hybridized carbons (Fsp3) is 0.333. The molecule has 0 saturated carbocycles. The summed E-state index contributed by atoms with van der Waals surface area (Å²) in [5.41, 5.74) is 5.85.